The molecule has 1 heterocycles. The number of aliphatic hydroxyl groups excluding tert-OH is 1. The quantitative estimate of drug-likeness (QED) is 0.907. The molecule has 0 spiro atoms. The number of fused-ring (bicyclic) bond motifs is 2. The highest BCUT2D eigenvalue weighted by Crippen LogP contribution is 2.46. The van der Waals surface area contributed by atoms with Crippen molar-refractivity contribution in [3.63, 3.8) is 0 Å². The van der Waals surface area contributed by atoms with Crippen LogP contribution >= 0.6 is 0 Å². The fourth-order valence-electron chi connectivity index (χ4n) is 3.81. The number of rotatable bonds is 5. The van der Waals surface area contributed by atoms with Gasteiger partial charge in [0, 0.05) is 19.4 Å². The van der Waals surface area contributed by atoms with E-state index < -0.39 is 6.10 Å². The van der Waals surface area contributed by atoms with Gasteiger partial charge in [0.1, 0.15) is 0 Å². The normalized spacial score (nSPS) is 15.0. The van der Waals surface area contributed by atoms with Gasteiger partial charge in [-0.05, 0) is 36.3 Å². The smallest absolute Gasteiger partial charge is 0.228 e. The maximum atomic E-state index is 12.3. The molecule has 1 atom stereocenters. The summed E-state index contributed by atoms with van der Waals surface area (Å²) < 4.78 is 0. The highest BCUT2D eigenvalue weighted by molar-refractivity contribution is 6.02. The van der Waals surface area contributed by atoms with E-state index in [9.17, 15) is 9.90 Å². The van der Waals surface area contributed by atoms with Crippen molar-refractivity contribution in [2.45, 2.75) is 32.8 Å². The number of likely N-dealkylation sites (N-methyl/N-ethyl adjacent to an activating group) is 1. The van der Waals surface area contributed by atoms with Gasteiger partial charge in [-0.2, -0.15) is 0 Å². The number of hydrogen-bond acceptors (Lipinski definition) is 3. The number of amides is 1. The van der Waals surface area contributed by atoms with Crippen LogP contribution in [0.2, 0.25) is 0 Å². The molecule has 1 aliphatic heterocycles. The Morgan fingerprint density at radius 3 is 1.96 bits per heavy atom. The molecule has 4 heteroatoms. The SMILES string of the molecule is CCN(CC)C[C@H](O)C1c2ccccc2N(C(C)=O)c2ccccc21. The van der Waals surface area contributed by atoms with E-state index in [-0.39, 0.29) is 11.8 Å². The van der Waals surface area contributed by atoms with Gasteiger partial charge in [-0.15, -0.1) is 0 Å². The van der Waals surface area contributed by atoms with Crippen LogP contribution in [0, 0.1) is 0 Å². The van der Waals surface area contributed by atoms with E-state index in [1.807, 2.05) is 48.5 Å². The molecular weight excluding hydrogens is 312 g/mol. The van der Waals surface area contributed by atoms with Crippen LogP contribution in [-0.4, -0.2) is 41.7 Å². The summed E-state index contributed by atoms with van der Waals surface area (Å²) in [6, 6.07) is 15.8. The largest absolute Gasteiger partial charge is 0.391 e. The van der Waals surface area contributed by atoms with Crippen LogP contribution in [0.25, 0.3) is 0 Å². The minimum Gasteiger partial charge on any atom is -0.391 e. The first-order valence-electron chi connectivity index (χ1n) is 8.97. The molecule has 0 bridgehead atoms. The summed E-state index contributed by atoms with van der Waals surface area (Å²) in [6.45, 7) is 8.22. The number of carbonyl (C=O) groups excluding carboxylic acids is 1. The maximum Gasteiger partial charge on any atom is 0.228 e. The first-order valence-corrected chi connectivity index (χ1v) is 8.97. The van der Waals surface area contributed by atoms with Gasteiger partial charge < -0.3 is 10.0 Å². The maximum absolute atomic E-state index is 12.3. The summed E-state index contributed by atoms with van der Waals surface area (Å²) in [6.07, 6.45) is -0.531. The zero-order valence-corrected chi connectivity index (χ0v) is 15.1. The van der Waals surface area contributed by atoms with Gasteiger partial charge in [0.05, 0.1) is 17.5 Å². The van der Waals surface area contributed by atoms with Crippen LogP contribution in [0.3, 0.4) is 0 Å². The summed E-state index contributed by atoms with van der Waals surface area (Å²) >= 11 is 0. The average Bonchev–Trinajstić information content (AvgIpc) is 2.63. The lowest BCUT2D eigenvalue weighted by molar-refractivity contribution is -0.115. The highest BCUT2D eigenvalue weighted by atomic mass is 16.3. The number of para-hydroxylation sites is 2. The second-order valence-corrected chi connectivity index (χ2v) is 6.50. The summed E-state index contributed by atoms with van der Waals surface area (Å²) in [5.41, 5.74) is 3.77. The van der Waals surface area contributed by atoms with E-state index in [2.05, 4.69) is 18.7 Å². The van der Waals surface area contributed by atoms with Gasteiger partial charge in [0.15, 0.2) is 0 Å². The third kappa shape index (κ3) is 3.20. The predicted octanol–water partition coefficient (Wildman–Crippen LogP) is 3.52. The van der Waals surface area contributed by atoms with Crippen molar-refractivity contribution < 1.29 is 9.90 Å². The molecule has 4 nitrogen and oxygen atoms in total. The Labute approximate surface area is 149 Å². The molecule has 2 aromatic rings. The van der Waals surface area contributed by atoms with Crippen molar-refractivity contribution in [1.82, 2.24) is 4.90 Å². The molecule has 1 N–H and O–H groups in total. The van der Waals surface area contributed by atoms with Crippen LogP contribution in [-0.2, 0) is 4.79 Å². The van der Waals surface area contributed by atoms with E-state index in [1.54, 1.807) is 11.8 Å². The first-order chi connectivity index (χ1) is 12.1. The molecule has 25 heavy (non-hydrogen) atoms. The fourth-order valence-corrected chi connectivity index (χ4v) is 3.81. The highest BCUT2D eigenvalue weighted by Gasteiger charge is 2.36. The molecule has 2 aromatic carbocycles. The first kappa shape index (κ1) is 17.6. The Morgan fingerprint density at radius 1 is 1.04 bits per heavy atom. The van der Waals surface area contributed by atoms with E-state index in [0.717, 1.165) is 35.6 Å². The van der Waals surface area contributed by atoms with E-state index in [1.165, 1.54) is 0 Å². The van der Waals surface area contributed by atoms with Crippen LogP contribution < -0.4 is 4.90 Å². The van der Waals surface area contributed by atoms with Crippen LogP contribution in [0.1, 0.15) is 37.8 Å². The molecule has 0 unspecified atom stereocenters. The van der Waals surface area contributed by atoms with Crippen molar-refractivity contribution in [2.75, 3.05) is 24.5 Å². The zero-order chi connectivity index (χ0) is 18.0. The molecule has 0 saturated carbocycles. The van der Waals surface area contributed by atoms with Crippen molar-refractivity contribution >= 4 is 17.3 Å². The average molecular weight is 338 g/mol. The number of nitrogens with zero attached hydrogens (tertiary/aromatic N) is 2. The molecule has 0 radical (unpaired) electrons. The van der Waals surface area contributed by atoms with E-state index in [4.69, 9.17) is 0 Å². The molecular formula is C21H26N2O2. The molecule has 132 valence electrons. The number of hydrogen-bond donors (Lipinski definition) is 1. The Bertz CT molecular complexity index is 708. The summed E-state index contributed by atoms with van der Waals surface area (Å²) in [7, 11) is 0. The Balaban J connectivity index is 2.11. The number of benzene rings is 2. The third-order valence-electron chi connectivity index (χ3n) is 5.06. The summed E-state index contributed by atoms with van der Waals surface area (Å²) in [5, 5.41) is 11.1. The fraction of sp³-hybridized carbons (Fsp3) is 0.381. The second kappa shape index (κ2) is 7.38. The molecule has 0 aliphatic carbocycles. The lowest BCUT2D eigenvalue weighted by Gasteiger charge is -2.38. The lowest BCUT2D eigenvalue weighted by atomic mass is 9.81. The third-order valence-corrected chi connectivity index (χ3v) is 5.06. The van der Waals surface area contributed by atoms with Gasteiger partial charge in [-0.3, -0.25) is 9.69 Å². The van der Waals surface area contributed by atoms with Gasteiger partial charge in [0.2, 0.25) is 5.91 Å². The monoisotopic (exact) mass is 338 g/mol. The number of aliphatic hydroxyl groups is 1. The number of anilines is 2. The molecule has 0 fully saturated rings. The Kier molecular flexibility index (Phi) is 5.21. The van der Waals surface area contributed by atoms with Crippen LogP contribution in [0.15, 0.2) is 48.5 Å². The molecule has 3 rings (SSSR count). The van der Waals surface area contributed by atoms with Crippen molar-refractivity contribution in [2.24, 2.45) is 0 Å². The molecule has 0 saturated heterocycles. The van der Waals surface area contributed by atoms with E-state index >= 15 is 0 Å². The summed E-state index contributed by atoms with van der Waals surface area (Å²) in [5.74, 6) is -0.153. The van der Waals surface area contributed by atoms with Crippen molar-refractivity contribution in [3.05, 3.63) is 59.7 Å². The van der Waals surface area contributed by atoms with Gasteiger partial charge in [-0.25, -0.2) is 0 Å². The lowest BCUT2D eigenvalue weighted by Crippen LogP contribution is -2.39. The van der Waals surface area contributed by atoms with Crippen molar-refractivity contribution in [3.8, 4) is 0 Å². The van der Waals surface area contributed by atoms with Crippen LogP contribution in [0.5, 0.6) is 0 Å². The van der Waals surface area contributed by atoms with Crippen molar-refractivity contribution in [1.29, 1.82) is 0 Å². The Hall–Kier alpha value is -2.17. The van der Waals surface area contributed by atoms with Gasteiger partial charge in [-0.1, -0.05) is 50.2 Å². The topological polar surface area (TPSA) is 43.8 Å². The second-order valence-electron chi connectivity index (χ2n) is 6.50. The minimum atomic E-state index is -0.531. The molecule has 1 aliphatic rings. The summed E-state index contributed by atoms with van der Waals surface area (Å²) in [4.78, 5) is 16.3. The molecule has 0 aromatic heterocycles. The standard InChI is InChI=1S/C21H26N2O2/c1-4-22(5-2)14-20(25)21-16-10-6-8-12-18(16)23(15(3)24)19-13-9-7-11-17(19)21/h6-13,20-21,25H,4-5,14H2,1-3H3/t20-/m0/s1. The van der Waals surface area contributed by atoms with Crippen LogP contribution in [0.4, 0.5) is 11.4 Å². The van der Waals surface area contributed by atoms with Gasteiger partial charge >= 0.3 is 0 Å². The minimum absolute atomic E-state index is 0.0171. The van der Waals surface area contributed by atoms with Gasteiger partial charge in [0.25, 0.3) is 0 Å². The predicted molar refractivity (Wildman–Crippen MR) is 101 cm³/mol. The number of carbonyl (C=O) groups is 1. The molecule has 1 amide bonds. The zero-order valence-electron chi connectivity index (χ0n) is 15.1. The van der Waals surface area contributed by atoms with E-state index in [0.29, 0.717) is 6.54 Å². The Morgan fingerprint density at radius 2 is 1.52 bits per heavy atom.